The van der Waals surface area contributed by atoms with Gasteiger partial charge in [-0.3, -0.25) is 4.79 Å². The number of nitrogens with one attached hydrogen (secondary N) is 1. The van der Waals surface area contributed by atoms with Gasteiger partial charge in [0.2, 0.25) is 11.9 Å². The second-order valence-electron chi connectivity index (χ2n) is 6.94. The quantitative estimate of drug-likeness (QED) is 0.712. The van der Waals surface area contributed by atoms with Crippen molar-refractivity contribution < 1.29 is 4.79 Å². The van der Waals surface area contributed by atoms with Gasteiger partial charge in [-0.05, 0) is 24.6 Å². The van der Waals surface area contributed by atoms with Crippen molar-refractivity contribution in [2.45, 2.75) is 13.5 Å². The van der Waals surface area contributed by atoms with E-state index in [2.05, 4.69) is 41.1 Å². The van der Waals surface area contributed by atoms with E-state index < -0.39 is 0 Å². The summed E-state index contributed by atoms with van der Waals surface area (Å²) in [6.45, 7) is 5.54. The second-order valence-corrected chi connectivity index (χ2v) is 6.94. The van der Waals surface area contributed by atoms with E-state index in [9.17, 15) is 4.79 Å². The van der Waals surface area contributed by atoms with Gasteiger partial charge < -0.3 is 15.1 Å². The normalized spacial score (nSPS) is 14.0. The molecule has 0 saturated carbocycles. The lowest BCUT2D eigenvalue weighted by atomic mass is 10.1. The van der Waals surface area contributed by atoms with Crippen molar-refractivity contribution in [3.8, 4) is 0 Å². The van der Waals surface area contributed by atoms with Gasteiger partial charge in [-0.15, -0.1) is 0 Å². The fraction of sp³-hybridized carbons (Fsp3) is 0.286. The average molecular weight is 389 g/mol. The summed E-state index contributed by atoms with van der Waals surface area (Å²) in [5.41, 5.74) is 2.60. The number of aryl methyl sites for hydroxylation is 1. The topological polar surface area (TPSA) is 87.1 Å². The van der Waals surface area contributed by atoms with Crippen molar-refractivity contribution in [2.24, 2.45) is 0 Å². The van der Waals surface area contributed by atoms with Gasteiger partial charge in [0.15, 0.2) is 0 Å². The summed E-state index contributed by atoms with van der Waals surface area (Å²) < 4.78 is 0. The Balaban J connectivity index is 1.37. The van der Waals surface area contributed by atoms with Crippen LogP contribution in [0.2, 0.25) is 0 Å². The minimum absolute atomic E-state index is 0.202. The summed E-state index contributed by atoms with van der Waals surface area (Å²) >= 11 is 0. The highest BCUT2D eigenvalue weighted by molar-refractivity contribution is 5.92. The Morgan fingerprint density at radius 1 is 0.931 bits per heavy atom. The molecule has 0 spiro atoms. The molecule has 3 aromatic rings. The van der Waals surface area contributed by atoms with Gasteiger partial charge >= 0.3 is 0 Å². The number of anilines is 2. The van der Waals surface area contributed by atoms with Gasteiger partial charge in [-0.25, -0.2) is 19.9 Å². The molecule has 0 bridgehead atoms. The van der Waals surface area contributed by atoms with Crippen molar-refractivity contribution in [3.05, 3.63) is 71.8 Å². The Labute approximate surface area is 169 Å². The monoisotopic (exact) mass is 389 g/mol. The van der Waals surface area contributed by atoms with Crippen LogP contribution in [0.15, 0.2) is 55.0 Å². The van der Waals surface area contributed by atoms with Gasteiger partial charge in [0, 0.05) is 51.3 Å². The highest BCUT2D eigenvalue weighted by Crippen LogP contribution is 2.14. The predicted octanol–water partition coefficient (Wildman–Crippen LogP) is 1.83. The maximum absolute atomic E-state index is 12.5. The standard InChI is InChI=1S/C21H23N7O/c1-16-4-2-5-17(14-16)15-25-19(29)18-6-9-24-21(26-18)28-12-10-27(11-13-28)20-22-7-3-8-23-20/h2-9,14H,10-13,15H2,1H3,(H,25,29). The van der Waals surface area contributed by atoms with Crippen LogP contribution >= 0.6 is 0 Å². The van der Waals surface area contributed by atoms with Crippen molar-refractivity contribution in [3.63, 3.8) is 0 Å². The van der Waals surface area contributed by atoms with Crippen LogP contribution in [0.3, 0.4) is 0 Å². The molecule has 2 aromatic heterocycles. The first-order valence-electron chi connectivity index (χ1n) is 9.63. The van der Waals surface area contributed by atoms with E-state index >= 15 is 0 Å². The zero-order valence-corrected chi connectivity index (χ0v) is 16.3. The molecule has 3 heterocycles. The van der Waals surface area contributed by atoms with Crippen LogP contribution in [-0.2, 0) is 6.54 Å². The van der Waals surface area contributed by atoms with Crippen LogP contribution in [-0.4, -0.2) is 52.0 Å². The van der Waals surface area contributed by atoms with Crippen LogP contribution in [0.25, 0.3) is 0 Å². The van der Waals surface area contributed by atoms with Gasteiger partial charge in [0.25, 0.3) is 5.91 Å². The molecule has 148 valence electrons. The Morgan fingerprint density at radius 3 is 2.34 bits per heavy atom. The van der Waals surface area contributed by atoms with E-state index in [-0.39, 0.29) is 5.91 Å². The lowest BCUT2D eigenvalue weighted by molar-refractivity contribution is 0.0946. The number of hydrogen-bond donors (Lipinski definition) is 1. The van der Waals surface area contributed by atoms with Crippen LogP contribution in [0.1, 0.15) is 21.6 Å². The van der Waals surface area contributed by atoms with Crippen LogP contribution in [0.5, 0.6) is 0 Å². The summed E-state index contributed by atoms with van der Waals surface area (Å²) in [4.78, 5) is 34.2. The molecular formula is C21H23N7O. The summed E-state index contributed by atoms with van der Waals surface area (Å²) in [5.74, 6) is 1.10. The van der Waals surface area contributed by atoms with Crippen molar-refractivity contribution >= 4 is 17.8 Å². The molecule has 1 aliphatic heterocycles. The molecular weight excluding hydrogens is 366 g/mol. The molecule has 1 aromatic carbocycles. The number of piperazine rings is 1. The number of rotatable bonds is 5. The van der Waals surface area contributed by atoms with Crippen molar-refractivity contribution in [2.75, 3.05) is 36.0 Å². The number of hydrogen-bond acceptors (Lipinski definition) is 7. The molecule has 1 N–H and O–H groups in total. The molecule has 1 aliphatic rings. The van der Waals surface area contributed by atoms with E-state index in [1.54, 1.807) is 24.7 Å². The smallest absolute Gasteiger partial charge is 0.270 e. The van der Waals surface area contributed by atoms with E-state index in [1.165, 1.54) is 5.56 Å². The minimum Gasteiger partial charge on any atom is -0.347 e. The minimum atomic E-state index is -0.202. The summed E-state index contributed by atoms with van der Waals surface area (Å²) in [6.07, 6.45) is 5.13. The molecule has 1 saturated heterocycles. The summed E-state index contributed by atoms with van der Waals surface area (Å²) in [5, 5.41) is 2.93. The SMILES string of the molecule is Cc1cccc(CNC(=O)c2ccnc(N3CCN(c4ncccn4)CC3)n2)c1. The largest absolute Gasteiger partial charge is 0.347 e. The van der Waals surface area contributed by atoms with Gasteiger partial charge in [-0.2, -0.15) is 0 Å². The first kappa shape index (κ1) is 18.8. The highest BCUT2D eigenvalue weighted by atomic mass is 16.1. The van der Waals surface area contributed by atoms with E-state index in [4.69, 9.17) is 0 Å². The Morgan fingerprint density at radius 2 is 1.62 bits per heavy atom. The second kappa shape index (κ2) is 8.64. The van der Waals surface area contributed by atoms with Gasteiger partial charge in [-0.1, -0.05) is 29.8 Å². The Bertz CT molecular complexity index is 972. The molecule has 0 atom stereocenters. The molecule has 8 nitrogen and oxygen atoms in total. The zero-order chi connectivity index (χ0) is 20.1. The Hall–Kier alpha value is -3.55. The first-order chi connectivity index (χ1) is 14.2. The van der Waals surface area contributed by atoms with Crippen LogP contribution in [0.4, 0.5) is 11.9 Å². The number of nitrogens with zero attached hydrogens (tertiary/aromatic N) is 6. The maximum atomic E-state index is 12.5. The van der Waals surface area contributed by atoms with Crippen molar-refractivity contribution in [1.82, 2.24) is 25.3 Å². The third-order valence-electron chi connectivity index (χ3n) is 4.81. The molecule has 1 fully saturated rings. The molecule has 1 amide bonds. The molecule has 4 rings (SSSR count). The third-order valence-corrected chi connectivity index (χ3v) is 4.81. The number of carbonyl (C=O) groups excluding carboxylic acids is 1. The lowest BCUT2D eigenvalue weighted by Crippen LogP contribution is -2.47. The van der Waals surface area contributed by atoms with Gasteiger partial charge in [0.05, 0.1) is 0 Å². The first-order valence-corrected chi connectivity index (χ1v) is 9.63. The predicted molar refractivity (Wildman–Crippen MR) is 111 cm³/mol. The summed E-state index contributed by atoms with van der Waals surface area (Å²) in [6, 6.07) is 11.5. The zero-order valence-electron chi connectivity index (χ0n) is 16.3. The highest BCUT2D eigenvalue weighted by Gasteiger charge is 2.21. The van der Waals surface area contributed by atoms with Crippen molar-refractivity contribution in [1.29, 1.82) is 0 Å². The molecule has 0 aliphatic carbocycles. The fourth-order valence-corrected chi connectivity index (χ4v) is 3.28. The third kappa shape index (κ3) is 4.66. The number of benzene rings is 1. The molecule has 8 heteroatoms. The van der Waals surface area contributed by atoms with Crippen LogP contribution in [0, 0.1) is 6.92 Å². The van der Waals surface area contributed by atoms with Gasteiger partial charge in [0.1, 0.15) is 5.69 Å². The number of carbonyl (C=O) groups is 1. The Kier molecular flexibility index (Phi) is 5.60. The molecule has 0 unspecified atom stereocenters. The molecule has 0 radical (unpaired) electrons. The van der Waals surface area contributed by atoms with E-state index in [0.717, 1.165) is 37.7 Å². The fourth-order valence-electron chi connectivity index (χ4n) is 3.28. The number of amides is 1. The lowest BCUT2D eigenvalue weighted by Gasteiger charge is -2.34. The maximum Gasteiger partial charge on any atom is 0.270 e. The average Bonchev–Trinajstić information content (AvgIpc) is 2.78. The van der Waals surface area contributed by atoms with E-state index in [0.29, 0.717) is 18.2 Å². The molecule has 29 heavy (non-hydrogen) atoms. The van der Waals surface area contributed by atoms with Crippen LogP contribution < -0.4 is 15.1 Å². The number of aromatic nitrogens is 4. The van der Waals surface area contributed by atoms with E-state index in [1.807, 2.05) is 31.2 Å². The summed E-state index contributed by atoms with van der Waals surface area (Å²) in [7, 11) is 0.